The molecule has 1 N–H and O–H groups in total. The summed E-state index contributed by atoms with van der Waals surface area (Å²) in [7, 11) is 3.26. The fourth-order valence-electron chi connectivity index (χ4n) is 2.26. The van der Waals surface area contributed by atoms with Crippen molar-refractivity contribution in [2.75, 3.05) is 14.2 Å². The first-order valence-electron chi connectivity index (χ1n) is 7.15. The van der Waals surface area contributed by atoms with E-state index in [0.29, 0.717) is 6.42 Å². The van der Waals surface area contributed by atoms with Gasteiger partial charge in [-0.15, -0.1) is 0 Å². The van der Waals surface area contributed by atoms with E-state index in [4.69, 9.17) is 14.3 Å². The van der Waals surface area contributed by atoms with Crippen LogP contribution in [0, 0.1) is 0 Å². The van der Waals surface area contributed by atoms with Crippen LogP contribution in [0.3, 0.4) is 0 Å². The van der Waals surface area contributed by atoms with E-state index in [0.717, 1.165) is 17.6 Å². The number of hydrogen-bond acceptors (Lipinski definition) is 4. The maximum absolute atomic E-state index is 12.4. The number of hydrogen-bond donors (Lipinski definition) is 1. The van der Waals surface area contributed by atoms with Gasteiger partial charge in [0.1, 0.15) is 12.0 Å². The third-order valence-corrected chi connectivity index (χ3v) is 3.75. The highest BCUT2D eigenvalue weighted by molar-refractivity contribution is 5.95. The number of nitrogens with zero attached hydrogens (tertiary/aromatic N) is 1. The molecular formula is C17H19NO5. The lowest BCUT2D eigenvalue weighted by Crippen LogP contribution is -2.36. The molecule has 0 aliphatic carbocycles. The van der Waals surface area contributed by atoms with Crippen molar-refractivity contribution in [3.8, 4) is 5.75 Å². The SMILES string of the molecule is COc1ccccc1C[C@@H](C)N(C)C(=O)c1cc(C(=O)O)co1. The highest BCUT2D eigenvalue weighted by Crippen LogP contribution is 2.21. The summed E-state index contributed by atoms with van der Waals surface area (Å²) in [5.41, 5.74) is 0.951. The van der Waals surface area contributed by atoms with Gasteiger partial charge in [-0.1, -0.05) is 18.2 Å². The smallest absolute Gasteiger partial charge is 0.338 e. The first kappa shape index (κ1) is 16.6. The van der Waals surface area contributed by atoms with Crippen LogP contribution in [-0.2, 0) is 6.42 Å². The molecule has 0 fully saturated rings. The molecule has 0 aliphatic heterocycles. The zero-order valence-corrected chi connectivity index (χ0v) is 13.3. The molecule has 0 unspecified atom stereocenters. The van der Waals surface area contributed by atoms with Gasteiger partial charge in [0.25, 0.3) is 5.91 Å². The molecule has 0 radical (unpaired) electrons. The van der Waals surface area contributed by atoms with Crippen molar-refractivity contribution < 1.29 is 23.8 Å². The van der Waals surface area contributed by atoms with Crippen LogP contribution in [0.1, 0.15) is 33.4 Å². The van der Waals surface area contributed by atoms with E-state index in [1.165, 1.54) is 11.0 Å². The van der Waals surface area contributed by atoms with Gasteiger partial charge >= 0.3 is 5.97 Å². The number of para-hydroxylation sites is 1. The van der Waals surface area contributed by atoms with Crippen molar-refractivity contribution in [3.63, 3.8) is 0 Å². The Morgan fingerprint density at radius 1 is 1.35 bits per heavy atom. The van der Waals surface area contributed by atoms with Crippen molar-refractivity contribution in [1.82, 2.24) is 4.90 Å². The van der Waals surface area contributed by atoms with E-state index < -0.39 is 5.97 Å². The largest absolute Gasteiger partial charge is 0.496 e. The van der Waals surface area contributed by atoms with E-state index in [1.54, 1.807) is 14.2 Å². The summed E-state index contributed by atoms with van der Waals surface area (Å²) in [6.07, 6.45) is 1.67. The average molecular weight is 317 g/mol. The first-order valence-corrected chi connectivity index (χ1v) is 7.15. The number of carboxylic acid groups (broad SMARTS) is 1. The maximum atomic E-state index is 12.4. The van der Waals surface area contributed by atoms with Gasteiger partial charge in [0.15, 0.2) is 5.76 Å². The van der Waals surface area contributed by atoms with Crippen molar-refractivity contribution in [2.45, 2.75) is 19.4 Å². The quantitative estimate of drug-likeness (QED) is 0.886. The molecule has 0 saturated carbocycles. The predicted octanol–water partition coefficient (Wildman–Crippen LogP) is 2.69. The van der Waals surface area contributed by atoms with Crippen LogP contribution >= 0.6 is 0 Å². The summed E-state index contributed by atoms with van der Waals surface area (Å²) in [5, 5.41) is 8.88. The molecule has 1 amide bonds. The second-order valence-corrected chi connectivity index (χ2v) is 5.29. The van der Waals surface area contributed by atoms with Gasteiger partial charge in [0.2, 0.25) is 0 Å². The van der Waals surface area contributed by atoms with Crippen LogP contribution < -0.4 is 4.74 Å². The molecule has 0 spiro atoms. The molecule has 0 aliphatic rings. The molecule has 0 saturated heterocycles. The number of carboxylic acids is 1. The van der Waals surface area contributed by atoms with Crippen LogP contribution in [0.4, 0.5) is 0 Å². The first-order chi connectivity index (χ1) is 10.9. The Balaban J connectivity index is 2.10. The van der Waals surface area contributed by atoms with Crippen molar-refractivity contribution >= 4 is 11.9 Å². The molecule has 1 aromatic carbocycles. The van der Waals surface area contributed by atoms with Gasteiger partial charge in [-0.05, 0) is 25.0 Å². The predicted molar refractivity (Wildman–Crippen MR) is 83.9 cm³/mol. The summed E-state index contributed by atoms with van der Waals surface area (Å²) < 4.78 is 10.4. The molecule has 0 bridgehead atoms. The van der Waals surface area contributed by atoms with Gasteiger partial charge in [-0.25, -0.2) is 4.79 Å². The minimum absolute atomic E-state index is 0.0109. The third-order valence-electron chi connectivity index (χ3n) is 3.75. The second-order valence-electron chi connectivity index (χ2n) is 5.29. The number of methoxy groups -OCH3 is 1. The minimum Gasteiger partial charge on any atom is -0.496 e. The molecule has 2 rings (SSSR count). The van der Waals surface area contributed by atoms with E-state index in [-0.39, 0.29) is 23.3 Å². The molecular weight excluding hydrogens is 298 g/mol. The standard InChI is InChI=1S/C17H19NO5/c1-11(8-12-6-4-5-7-14(12)22-3)18(2)16(19)15-9-13(10-23-15)17(20)21/h4-7,9-11H,8H2,1-3H3,(H,20,21)/t11-/m1/s1. The summed E-state index contributed by atoms with van der Waals surface area (Å²) in [6, 6.07) is 8.74. The Bertz CT molecular complexity index is 707. The van der Waals surface area contributed by atoms with E-state index >= 15 is 0 Å². The van der Waals surface area contributed by atoms with Gasteiger partial charge < -0.3 is 19.2 Å². The van der Waals surface area contributed by atoms with Crippen molar-refractivity contribution in [3.05, 3.63) is 53.5 Å². The van der Waals surface area contributed by atoms with Crippen LogP contribution in [0.5, 0.6) is 5.75 Å². The Labute approximate surface area is 134 Å². The highest BCUT2D eigenvalue weighted by Gasteiger charge is 2.22. The monoisotopic (exact) mass is 317 g/mol. The summed E-state index contributed by atoms with van der Waals surface area (Å²) in [6.45, 7) is 1.91. The molecule has 1 heterocycles. The molecule has 6 nitrogen and oxygen atoms in total. The number of amides is 1. The van der Waals surface area contributed by atoms with Crippen molar-refractivity contribution in [1.29, 1.82) is 0 Å². The minimum atomic E-state index is -1.13. The molecule has 1 atom stereocenters. The zero-order chi connectivity index (χ0) is 17.0. The molecule has 6 heteroatoms. The van der Waals surface area contributed by atoms with Crippen LogP contribution in [0.25, 0.3) is 0 Å². The van der Waals surface area contributed by atoms with Crippen molar-refractivity contribution in [2.24, 2.45) is 0 Å². The Kier molecular flexibility index (Phi) is 5.05. The fourth-order valence-corrected chi connectivity index (χ4v) is 2.26. The lowest BCUT2D eigenvalue weighted by atomic mass is 10.0. The van der Waals surface area contributed by atoms with Gasteiger partial charge in [-0.3, -0.25) is 4.79 Å². The van der Waals surface area contributed by atoms with Gasteiger partial charge in [-0.2, -0.15) is 0 Å². The second kappa shape index (κ2) is 7.00. The number of likely N-dealkylation sites (N-methyl/N-ethyl adjacent to an activating group) is 1. The fraction of sp³-hybridized carbons (Fsp3) is 0.294. The Morgan fingerprint density at radius 2 is 2.04 bits per heavy atom. The molecule has 122 valence electrons. The number of rotatable bonds is 6. The summed E-state index contributed by atoms with van der Waals surface area (Å²) in [5.74, 6) is -0.708. The molecule has 2 aromatic rings. The maximum Gasteiger partial charge on any atom is 0.338 e. The van der Waals surface area contributed by atoms with Gasteiger partial charge in [0, 0.05) is 19.2 Å². The van der Waals surface area contributed by atoms with Gasteiger partial charge in [0.05, 0.1) is 12.7 Å². The topological polar surface area (TPSA) is 80.0 Å². The van der Waals surface area contributed by atoms with E-state index in [1.807, 2.05) is 31.2 Å². The lowest BCUT2D eigenvalue weighted by Gasteiger charge is -2.24. The normalized spacial score (nSPS) is 11.8. The van der Waals surface area contributed by atoms with Crippen LogP contribution in [0.15, 0.2) is 41.0 Å². The number of ether oxygens (including phenoxy) is 1. The average Bonchev–Trinajstić information content (AvgIpc) is 3.04. The highest BCUT2D eigenvalue weighted by atomic mass is 16.5. The third kappa shape index (κ3) is 3.71. The Morgan fingerprint density at radius 3 is 2.65 bits per heavy atom. The lowest BCUT2D eigenvalue weighted by molar-refractivity contribution is 0.0692. The Hall–Kier alpha value is -2.76. The van der Waals surface area contributed by atoms with Crippen LogP contribution in [0.2, 0.25) is 0 Å². The number of aromatic carboxylic acids is 1. The number of carbonyl (C=O) groups is 2. The van der Waals surface area contributed by atoms with E-state index in [2.05, 4.69) is 0 Å². The zero-order valence-electron chi connectivity index (χ0n) is 13.3. The molecule has 1 aromatic heterocycles. The number of furan rings is 1. The van der Waals surface area contributed by atoms with E-state index in [9.17, 15) is 9.59 Å². The summed E-state index contributed by atoms with van der Waals surface area (Å²) >= 11 is 0. The summed E-state index contributed by atoms with van der Waals surface area (Å²) in [4.78, 5) is 24.8. The van der Waals surface area contributed by atoms with Crippen LogP contribution in [-0.4, -0.2) is 42.1 Å². The number of carbonyl (C=O) groups excluding carboxylic acids is 1. The number of benzene rings is 1. The molecule has 23 heavy (non-hydrogen) atoms.